The number of fused-ring (bicyclic) bond motifs is 1. The van der Waals surface area contributed by atoms with E-state index in [0.29, 0.717) is 50.7 Å². The molecule has 4 aromatic rings. The highest BCUT2D eigenvalue weighted by molar-refractivity contribution is 6.42. The molecule has 0 amide bonds. The number of hydrogen-bond acceptors (Lipinski definition) is 3. The van der Waals surface area contributed by atoms with E-state index in [1.54, 1.807) is 41.0 Å². The van der Waals surface area contributed by atoms with Crippen molar-refractivity contribution in [2.45, 2.75) is 19.4 Å². The molecule has 0 aliphatic carbocycles. The zero-order valence-corrected chi connectivity index (χ0v) is 18.8. The summed E-state index contributed by atoms with van der Waals surface area (Å²) in [5.41, 5.74) is 1.45. The van der Waals surface area contributed by atoms with E-state index in [9.17, 15) is 4.79 Å². The highest BCUT2D eigenvalue weighted by atomic mass is 35.5. The van der Waals surface area contributed by atoms with E-state index in [-0.39, 0.29) is 5.56 Å². The van der Waals surface area contributed by atoms with Gasteiger partial charge in [0.2, 0.25) is 0 Å². The van der Waals surface area contributed by atoms with Crippen molar-refractivity contribution in [3.8, 4) is 17.1 Å². The molecule has 0 saturated carbocycles. The Morgan fingerprint density at radius 3 is 2.45 bits per heavy atom. The summed E-state index contributed by atoms with van der Waals surface area (Å²) in [7, 11) is 0. The van der Waals surface area contributed by atoms with Crippen LogP contribution in [0.2, 0.25) is 15.1 Å². The molecular formula is C24H19Cl3N2O2. The number of benzene rings is 3. The number of para-hydroxylation sites is 1. The summed E-state index contributed by atoms with van der Waals surface area (Å²) < 4.78 is 7.47. The lowest BCUT2D eigenvalue weighted by atomic mass is 10.1. The maximum Gasteiger partial charge on any atom is 0.261 e. The zero-order chi connectivity index (χ0) is 21.8. The predicted molar refractivity (Wildman–Crippen MR) is 128 cm³/mol. The summed E-state index contributed by atoms with van der Waals surface area (Å²) in [5, 5.41) is 2.10. The molecule has 4 rings (SSSR count). The molecule has 0 radical (unpaired) electrons. The lowest BCUT2D eigenvalue weighted by Crippen LogP contribution is -2.24. The molecule has 31 heavy (non-hydrogen) atoms. The van der Waals surface area contributed by atoms with Gasteiger partial charge in [0, 0.05) is 17.1 Å². The third kappa shape index (κ3) is 4.87. The van der Waals surface area contributed by atoms with Gasteiger partial charge in [0.05, 0.1) is 22.5 Å². The fraction of sp³-hybridized carbons (Fsp3) is 0.167. The van der Waals surface area contributed by atoms with Gasteiger partial charge in [-0.1, -0.05) is 53.0 Å². The fourth-order valence-electron chi connectivity index (χ4n) is 3.34. The molecule has 7 heteroatoms. The normalized spacial score (nSPS) is 11.1. The maximum atomic E-state index is 13.2. The minimum Gasteiger partial charge on any atom is -0.492 e. The quantitative estimate of drug-likeness (QED) is 0.275. The molecule has 158 valence electrons. The van der Waals surface area contributed by atoms with Gasteiger partial charge in [-0.3, -0.25) is 9.36 Å². The molecule has 0 N–H and O–H groups in total. The highest BCUT2D eigenvalue weighted by Gasteiger charge is 2.13. The standard InChI is InChI=1S/C24H19Cl3N2O2/c25-17-12-10-16(11-13-17)23-28-20-8-2-1-6-18(20)24(30)29(23)14-3-4-15-31-21-9-5-7-19(26)22(21)27/h1-2,5-13H,3-4,14-15H2. The second-order valence-electron chi connectivity index (χ2n) is 7.02. The zero-order valence-electron chi connectivity index (χ0n) is 16.5. The number of hydrogen-bond donors (Lipinski definition) is 0. The Labute approximate surface area is 195 Å². The SMILES string of the molecule is O=c1c2ccccc2nc(-c2ccc(Cl)cc2)n1CCCCOc1cccc(Cl)c1Cl. The second kappa shape index (κ2) is 9.73. The highest BCUT2D eigenvalue weighted by Crippen LogP contribution is 2.31. The van der Waals surface area contributed by atoms with E-state index in [1.807, 2.05) is 30.3 Å². The van der Waals surface area contributed by atoms with Crippen molar-refractivity contribution in [3.05, 3.63) is 92.2 Å². The number of aromatic nitrogens is 2. The van der Waals surface area contributed by atoms with Crippen LogP contribution in [0.4, 0.5) is 0 Å². The van der Waals surface area contributed by atoms with Crippen molar-refractivity contribution in [1.29, 1.82) is 0 Å². The largest absolute Gasteiger partial charge is 0.492 e. The topological polar surface area (TPSA) is 44.1 Å². The van der Waals surface area contributed by atoms with Gasteiger partial charge >= 0.3 is 0 Å². The smallest absolute Gasteiger partial charge is 0.261 e. The fourth-order valence-corrected chi connectivity index (χ4v) is 3.82. The summed E-state index contributed by atoms with van der Waals surface area (Å²) in [6, 6.07) is 20.0. The number of halogens is 3. The minimum atomic E-state index is -0.0608. The van der Waals surface area contributed by atoms with Crippen LogP contribution in [0, 0.1) is 0 Å². The van der Waals surface area contributed by atoms with E-state index in [2.05, 4.69) is 0 Å². The van der Waals surface area contributed by atoms with Crippen molar-refractivity contribution in [1.82, 2.24) is 9.55 Å². The van der Waals surface area contributed by atoms with Crippen molar-refractivity contribution < 1.29 is 4.74 Å². The van der Waals surface area contributed by atoms with Gasteiger partial charge in [0.25, 0.3) is 5.56 Å². The van der Waals surface area contributed by atoms with Gasteiger partial charge in [-0.15, -0.1) is 0 Å². The summed E-state index contributed by atoms with van der Waals surface area (Å²) in [4.78, 5) is 18.0. The van der Waals surface area contributed by atoms with Crippen LogP contribution in [-0.2, 0) is 6.54 Å². The molecule has 1 aromatic heterocycles. The Hall–Kier alpha value is -2.53. The summed E-state index contributed by atoms with van der Waals surface area (Å²) in [6.45, 7) is 0.980. The molecule has 0 aliphatic heterocycles. The Morgan fingerprint density at radius 2 is 1.65 bits per heavy atom. The van der Waals surface area contributed by atoms with E-state index < -0.39 is 0 Å². The van der Waals surface area contributed by atoms with Gasteiger partial charge < -0.3 is 4.74 Å². The maximum absolute atomic E-state index is 13.2. The number of rotatable bonds is 7. The first-order valence-corrected chi connectivity index (χ1v) is 11.0. The van der Waals surface area contributed by atoms with Gasteiger partial charge in [0.15, 0.2) is 0 Å². The van der Waals surface area contributed by atoms with E-state index in [1.165, 1.54) is 0 Å². The van der Waals surface area contributed by atoms with Gasteiger partial charge in [0.1, 0.15) is 16.6 Å². The molecule has 0 aliphatic rings. The lowest BCUT2D eigenvalue weighted by Gasteiger charge is -2.14. The summed E-state index contributed by atoms with van der Waals surface area (Å²) >= 11 is 18.2. The molecule has 0 bridgehead atoms. The van der Waals surface area contributed by atoms with Crippen molar-refractivity contribution >= 4 is 45.7 Å². The Morgan fingerprint density at radius 1 is 0.871 bits per heavy atom. The molecule has 0 saturated heterocycles. The Bertz CT molecular complexity index is 1270. The van der Waals surface area contributed by atoms with Crippen LogP contribution in [0.5, 0.6) is 5.75 Å². The van der Waals surface area contributed by atoms with E-state index in [4.69, 9.17) is 44.5 Å². The molecule has 3 aromatic carbocycles. The number of unbranched alkanes of at least 4 members (excludes halogenated alkanes) is 1. The average Bonchev–Trinajstić information content (AvgIpc) is 2.78. The Kier molecular flexibility index (Phi) is 6.81. The number of ether oxygens (including phenoxy) is 1. The molecule has 1 heterocycles. The number of nitrogens with zero attached hydrogens (tertiary/aromatic N) is 2. The van der Waals surface area contributed by atoms with Crippen molar-refractivity contribution in [3.63, 3.8) is 0 Å². The molecule has 4 nitrogen and oxygen atoms in total. The second-order valence-corrected chi connectivity index (χ2v) is 8.25. The van der Waals surface area contributed by atoms with E-state index >= 15 is 0 Å². The van der Waals surface area contributed by atoms with Gasteiger partial charge in [-0.25, -0.2) is 4.98 Å². The van der Waals surface area contributed by atoms with Crippen LogP contribution in [0.25, 0.3) is 22.3 Å². The summed E-state index contributed by atoms with van der Waals surface area (Å²) in [5.74, 6) is 1.18. The molecular weight excluding hydrogens is 455 g/mol. The third-order valence-electron chi connectivity index (χ3n) is 4.91. The summed E-state index contributed by atoms with van der Waals surface area (Å²) in [6.07, 6.45) is 1.47. The van der Waals surface area contributed by atoms with Crippen LogP contribution >= 0.6 is 34.8 Å². The Balaban J connectivity index is 1.54. The van der Waals surface area contributed by atoms with E-state index in [0.717, 1.165) is 18.4 Å². The first-order valence-electron chi connectivity index (χ1n) is 9.87. The van der Waals surface area contributed by atoms with Crippen LogP contribution in [0.3, 0.4) is 0 Å². The first-order chi connectivity index (χ1) is 15.0. The monoisotopic (exact) mass is 472 g/mol. The van der Waals surface area contributed by atoms with Crippen LogP contribution in [-0.4, -0.2) is 16.2 Å². The average molecular weight is 474 g/mol. The molecule has 0 unspecified atom stereocenters. The van der Waals surface area contributed by atoms with Gasteiger partial charge in [-0.05, 0) is 61.4 Å². The molecule has 0 spiro atoms. The van der Waals surface area contributed by atoms with Crippen LogP contribution < -0.4 is 10.3 Å². The van der Waals surface area contributed by atoms with Crippen molar-refractivity contribution in [2.24, 2.45) is 0 Å². The molecule has 0 atom stereocenters. The lowest BCUT2D eigenvalue weighted by molar-refractivity contribution is 0.303. The third-order valence-corrected chi connectivity index (χ3v) is 5.97. The first kappa shape index (κ1) is 21.7. The minimum absolute atomic E-state index is 0.0608. The van der Waals surface area contributed by atoms with Gasteiger partial charge in [-0.2, -0.15) is 0 Å². The van der Waals surface area contributed by atoms with Crippen LogP contribution in [0.15, 0.2) is 71.5 Å². The molecule has 0 fully saturated rings. The predicted octanol–water partition coefficient (Wildman–Crippen LogP) is 6.88. The van der Waals surface area contributed by atoms with Crippen molar-refractivity contribution in [2.75, 3.05) is 6.61 Å². The van der Waals surface area contributed by atoms with Crippen LogP contribution in [0.1, 0.15) is 12.8 Å².